The van der Waals surface area contributed by atoms with Crippen molar-refractivity contribution in [3.63, 3.8) is 0 Å². The van der Waals surface area contributed by atoms with E-state index in [9.17, 15) is 18.4 Å². The van der Waals surface area contributed by atoms with Crippen LogP contribution in [0.5, 0.6) is 0 Å². The van der Waals surface area contributed by atoms with Gasteiger partial charge in [-0.3, -0.25) is 9.59 Å². The molecule has 1 spiro atoms. The molecular formula is C18H22F2N2O2. The summed E-state index contributed by atoms with van der Waals surface area (Å²) in [6.07, 6.45) is 2.78. The molecule has 1 aromatic carbocycles. The molecule has 0 unspecified atom stereocenters. The van der Waals surface area contributed by atoms with Gasteiger partial charge in [0, 0.05) is 32.6 Å². The second-order valence-corrected chi connectivity index (χ2v) is 6.78. The van der Waals surface area contributed by atoms with Crippen LogP contribution in [0.1, 0.15) is 38.2 Å². The lowest BCUT2D eigenvalue weighted by Gasteiger charge is -2.39. The number of hydrogen-bond acceptors (Lipinski definition) is 2. The van der Waals surface area contributed by atoms with Crippen LogP contribution in [-0.2, 0) is 16.1 Å². The smallest absolute Gasteiger partial charge is 0.230 e. The van der Waals surface area contributed by atoms with Gasteiger partial charge in [0.05, 0.1) is 5.41 Å². The summed E-state index contributed by atoms with van der Waals surface area (Å²) in [4.78, 5) is 28.4. The van der Waals surface area contributed by atoms with Crippen LogP contribution in [0.3, 0.4) is 0 Å². The van der Waals surface area contributed by atoms with Gasteiger partial charge in [0.15, 0.2) is 11.6 Å². The normalized spacial score (nSPS) is 24.0. The highest BCUT2D eigenvalue weighted by Gasteiger charge is 2.49. The molecule has 0 saturated carbocycles. The molecule has 130 valence electrons. The summed E-state index contributed by atoms with van der Waals surface area (Å²) in [7, 11) is 0. The van der Waals surface area contributed by atoms with E-state index in [-0.39, 0.29) is 18.4 Å². The summed E-state index contributed by atoms with van der Waals surface area (Å²) in [6.45, 7) is 3.82. The number of likely N-dealkylation sites (tertiary alicyclic amines) is 2. The fraction of sp³-hybridized carbons (Fsp3) is 0.556. The molecule has 4 nitrogen and oxygen atoms in total. The minimum atomic E-state index is -0.896. The molecule has 2 fully saturated rings. The van der Waals surface area contributed by atoms with E-state index < -0.39 is 17.0 Å². The van der Waals surface area contributed by atoms with E-state index in [1.807, 2.05) is 6.92 Å². The van der Waals surface area contributed by atoms with Crippen molar-refractivity contribution in [1.82, 2.24) is 9.80 Å². The molecular weight excluding hydrogens is 314 g/mol. The fourth-order valence-corrected chi connectivity index (χ4v) is 3.85. The molecule has 24 heavy (non-hydrogen) atoms. The van der Waals surface area contributed by atoms with E-state index >= 15 is 0 Å². The molecule has 1 atom stereocenters. The Morgan fingerprint density at radius 1 is 1.21 bits per heavy atom. The number of halogens is 2. The number of piperidine rings is 1. The van der Waals surface area contributed by atoms with Crippen molar-refractivity contribution in [2.24, 2.45) is 5.41 Å². The highest BCUT2D eigenvalue weighted by Crippen LogP contribution is 2.40. The topological polar surface area (TPSA) is 40.6 Å². The Kier molecular flexibility index (Phi) is 4.56. The summed E-state index contributed by atoms with van der Waals surface area (Å²) in [5, 5.41) is 0. The molecule has 2 amide bonds. The Hall–Kier alpha value is -1.98. The van der Waals surface area contributed by atoms with Gasteiger partial charge in [-0.1, -0.05) is 13.0 Å². The fourth-order valence-electron chi connectivity index (χ4n) is 3.85. The molecule has 2 aliphatic rings. The van der Waals surface area contributed by atoms with Crippen LogP contribution >= 0.6 is 0 Å². The van der Waals surface area contributed by atoms with Crippen LogP contribution in [0.25, 0.3) is 0 Å². The largest absolute Gasteiger partial charge is 0.342 e. The summed E-state index contributed by atoms with van der Waals surface area (Å²) >= 11 is 0. The van der Waals surface area contributed by atoms with Gasteiger partial charge in [0.25, 0.3) is 0 Å². The van der Waals surface area contributed by atoms with E-state index in [0.29, 0.717) is 38.0 Å². The standard InChI is InChI=1S/C18H22F2N2O2/c1-2-16(23)22-9-7-18(12-22)6-3-8-21(17(18)24)11-13-4-5-14(19)15(20)10-13/h4-5,10H,2-3,6-9,11-12H2,1H3/t18-/m1/s1. The van der Waals surface area contributed by atoms with Crippen LogP contribution in [0.15, 0.2) is 18.2 Å². The molecule has 6 heteroatoms. The number of hydrogen-bond donors (Lipinski definition) is 0. The molecule has 2 saturated heterocycles. The van der Waals surface area contributed by atoms with Crippen molar-refractivity contribution in [2.75, 3.05) is 19.6 Å². The van der Waals surface area contributed by atoms with Crippen molar-refractivity contribution in [3.05, 3.63) is 35.4 Å². The molecule has 0 aliphatic carbocycles. The summed E-state index contributed by atoms with van der Waals surface area (Å²) in [5.74, 6) is -1.67. The van der Waals surface area contributed by atoms with Crippen molar-refractivity contribution in [1.29, 1.82) is 0 Å². The highest BCUT2D eigenvalue weighted by atomic mass is 19.2. The molecule has 3 rings (SSSR count). The van der Waals surface area contributed by atoms with E-state index in [0.717, 1.165) is 25.0 Å². The Morgan fingerprint density at radius 3 is 2.71 bits per heavy atom. The van der Waals surface area contributed by atoms with E-state index in [4.69, 9.17) is 0 Å². The zero-order valence-electron chi connectivity index (χ0n) is 13.9. The maximum absolute atomic E-state index is 13.4. The first-order valence-electron chi connectivity index (χ1n) is 8.46. The monoisotopic (exact) mass is 336 g/mol. The van der Waals surface area contributed by atoms with E-state index in [1.165, 1.54) is 6.07 Å². The molecule has 0 bridgehead atoms. The maximum Gasteiger partial charge on any atom is 0.230 e. The Balaban J connectivity index is 1.73. The lowest BCUT2D eigenvalue weighted by atomic mass is 9.78. The van der Waals surface area contributed by atoms with Gasteiger partial charge in [-0.05, 0) is 37.0 Å². The third-order valence-electron chi connectivity index (χ3n) is 5.19. The van der Waals surface area contributed by atoms with E-state index in [2.05, 4.69) is 0 Å². The molecule has 0 aromatic heterocycles. The minimum Gasteiger partial charge on any atom is -0.342 e. The third kappa shape index (κ3) is 3.01. The van der Waals surface area contributed by atoms with Crippen LogP contribution in [0.2, 0.25) is 0 Å². The Labute approximate surface area is 140 Å². The quantitative estimate of drug-likeness (QED) is 0.851. The summed E-state index contributed by atoms with van der Waals surface area (Å²) in [6, 6.07) is 3.74. The average Bonchev–Trinajstić information content (AvgIpc) is 3.00. The van der Waals surface area contributed by atoms with Gasteiger partial charge in [0.2, 0.25) is 11.8 Å². The molecule has 1 aromatic rings. The average molecular weight is 336 g/mol. The lowest BCUT2D eigenvalue weighted by Crippen LogP contribution is -2.50. The summed E-state index contributed by atoms with van der Waals surface area (Å²) in [5.41, 5.74) is 0.0839. The van der Waals surface area contributed by atoms with Crippen molar-refractivity contribution in [3.8, 4) is 0 Å². The minimum absolute atomic E-state index is 0.0323. The predicted octanol–water partition coefficient (Wildman–Crippen LogP) is 2.72. The van der Waals surface area contributed by atoms with Crippen molar-refractivity contribution >= 4 is 11.8 Å². The van der Waals surface area contributed by atoms with Gasteiger partial charge >= 0.3 is 0 Å². The third-order valence-corrected chi connectivity index (χ3v) is 5.19. The maximum atomic E-state index is 13.4. The first kappa shape index (κ1) is 16.9. The van der Waals surface area contributed by atoms with Gasteiger partial charge < -0.3 is 9.80 Å². The number of carbonyl (C=O) groups is 2. The van der Waals surface area contributed by atoms with Gasteiger partial charge in [-0.15, -0.1) is 0 Å². The zero-order valence-corrected chi connectivity index (χ0v) is 13.9. The van der Waals surface area contributed by atoms with Crippen molar-refractivity contribution in [2.45, 2.75) is 39.2 Å². The van der Waals surface area contributed by atoms with Crippen molar-refractivity contribution < 1.29 is 18.4 Å². The van der Waals surface area contributed by atoms with Gasteiger partial charge in [0.1, 0.15) is 0 Å². The van der Waals surface area contributed by atoms with Crippen LogP contribution in [0.4, 0.5) is 8.78 Å². The molecule has 0 radical (unpaired) electrons. The number of carbonyl (C=O) groups excluding carboxylic acids is 2. The molecule has 0 N–H and O–H groups in total. The Morgan fingerprint density at radius 2 is 2.00 bits per heavy atom. The lowest BCUT2D eigenvalue weighted by molar-refractivity contribution is -0.146. The highest BCUT2D eigenvalue weighted by molar-refractivity contribution is 5.86. The van der Waals surface area contributed by atoms with Gasteiger partial charge in [-0.2, -0.15) is 0 Å². The Bertz CT molecular complexity index is 664. The van der Waals surface area contributed by atoms with Crippen LogP contribution < -0.4 is 0 Å². The summed E-state index contributed by atoms with van der Waals surface area (Å²) < 4.78 is 26.4. The number of rotatable bonds is 3. The second-order valence-electron chi connectivity index (χ2n) is 6.78. The number of amides is 2. The van der Waals surface area contributed by atoms with E-state index in [1.54, 1.807) is 9.80 Å². The first-order valence-corrected chi connectivity index (χ1v) is 8.46. The second kappa shape index (κ2) is 6.49. The predicted molar refractivity (Wildman–Crippen MR) is 84.9 cm³/mol. The molecule has 2 heterocycles. The molecule has 2 aliphatic heterocycles. The zero-order chi connectivity index (χ0) is 17.3. The van der Waals surface area contributed by atoms with Crippen LogP contribution in [-0.4, -0.2) is 41.2 Å². The first-order chi connectivity index (χ1) is 11.4. The number of benzene rings is 1. The van der Waals surface area contributed by atoms with Crippen LogP contribution in [0, 0.1) is 17.0 Å². The van der Waals surface area contributed by atoms with Gasteiger partial charge in [-0.25, -0.2) is 8.78 Å². The SMILES string of the molecule is CCC(=O)N1CC[C@]2(CCCN(Cc3ccc(F)c(F)c3)C2=O)C1. The number of nitrogens with zero attached hydrogens (tertiary/aromatic N) is 2.